The zero-order chi connectivity index (χ0) is 16.2. The van der Waals surface area contributed by atoms with Crippen LogP contribution in [0.2, 0.25) is 0 Å². The van der Waals surface area contributed by atoms with E-state index in [9.17, 15) is 10.2 Å². The highest BCUT2D eigenvalue weighted by Crippen LogP contribution is 2.25. The summed E-state index contributed by atoms with van der Waals surface area (Å²) in [4.78, 5) is 0. The molecule has 0 bridgehead atoms. The molecule has 2 atom stereocenters. The highest BCUT2D eigenvalue weighted by molar-refractivity contribution is 4.75. The van der Waals surface area contributed by atoms with E-state index in [1.165, 1.54) is 32.1 Å². The van der Waals surface area contributed by atoms with Gasteiger partial charge in [-0.2, -0.15) is 0 Å². The third-order valence-electron chi connectivity index (χ3n) is 4.57. The minimum absolute atomic E-state index is 0.512. The average Bonchev–Trinajstić information content (AvgIpc) is 2.40. The third-order valence-corrected chi connectivity index (χ3v) is 4.57. The smallest absolute Gasteiger partial charge is 0.0619 e. The molecule has 0 rings (SSSR count). The SMILES string of the molecule is CCCCCCC(C)(O)CCCCC(C)(O)CCCCC. The molecule has 0 amide bonds. The van der Waals surface area contributed by atoms with Crippen LogP contribution >= 0.6 is 0 Å². The van der Waals surface area contributed by atoms with Crippen molar-refractivity contribution in [1.29, 1.82) is 0 Å². The van der Waals surface area contributed by atoms with Gasteiger partial charge in [0.05, 0.1) is 11.2 Å². The van der Waals surface area contributed by atoms with Crippen molar-refractivity contribution < 1.29 is 10.2 Å². The monoisotopic (exact) mass is 300 g/mol. The second-order valence-corrected chi connectivity index (χ2v) is 7.47. The zero-order valence-corrected chi connectivity index (χ0v) is 15.1. The van der Waals surface area contributed by atoms with Gasteiger partial charge in [0.15, 0.2) is 0 Å². The molecule has 2 unspecified atom stereocenters. The van der Waals surface area contributed by atoms with Crippen molar-refractivity contribution in [3.05, 3.63) is 0 Å². The maximum atomic E-state index is 10.4. The fourth-order valence-electron chi connectivity index (χ4n) is 2.95. The first-order valence-electron chi connectivity index (χ1n) is 9.28. The van der Waals surface area contributed by atoms with Gasteiger partial charge in [0.25, 0.3) is 0 Å². The summed E-state index contributed by atoms with van der Waals surface area (Å²) in [5.74, 6) is 0. The van der Waals surface area contributed by atoms with Crippen LogP contribution in [0.3, 0.4) is 0 Å². The molecule has 0 aliphatic rings. The molecule has 0 aromatic rings. The summed E-state index contributed by atoms with van der Waals surface area (Å²) in [6.45, 7) is 8.34. The van der Waals surface area contributed by atoms with Gasteiger partial charge in [-0.25, -0.2) is 0 Å². The van der Waals surface area contributed by atoms with Crippen LogP contribution in [-0.2, 0) is 0 Å². The molecule has 0 spiro atoms. The molecule has 2 heteroatoms. The van der Waals surface area contributed by atoms with E-state index in [4.69, 9.17) is 0 Å². The first-order valence-corrected chi connectivity index (χ1v) is 9.28. The summed E-state index contributed by atoms with van der Waals surface area (Å²) in [7, 11) is 0. The van der Waals surface area contributed by atoms with Gasteiger partial charge in [-0.15, -0.1) is 0 Å². The molecule has 21 heavy (non-hydrogen) atoms. The topological polar surface area (TPSA) is 40.5 Å². The lowest BCUT2D eigenvalue weighted by molar-refractivity contribution is 0.0225. The molecule has 0 radical (unpaired) electrons. The molecule has 0 heterocycles. The summed E-state index contributed by atoms with van der Waals surface area (Å²) in [5.41, 5.74) is -1.02. The average molecular weight is 301 g/mol. The Kier molecular flexibility index (Phi) is 11.4. The Bertz CT molecular complexity index is 234. The lowest BCUT2D eigenvalue weighted by Gasteiger charge is -2.26. The van der Waals surface area contributed by atoms with Crippen molar-refractivity contribution in [1.82, 2.24) is 0 Å². The molecule has 0 aliphatic heterocycles. The zero-order valence-electron chi connectivity index (χ0n) is 15.1. The molecule has 2 N–H and O–H groups in total. The summed E-state index contributed by atoms with van der Waals surface area (Å²) in [6, 6.07) is 0. The Hall–Kier alpha value is -0.0800. The summed E-state index contributed by atoms with van der Waals surface area (Å²) >= 11 is 0. The lowest BCUT2D eigenvalue weighted by Crippen LogP contribution is -2.26. The van der Waals surface area contributed by atoms with Gasteiger partial charge in [0.1, 0.15) is 0 Å². The molecule has 0 fully saturated rings. The van der Waals surface area contributed by atoms with E-state index in [0.29, 0.717) is 0 Å². The van der Waals surface area contributed by atoms with Crippen LogP contribution < -0.4 is 0 Å². The second kappa shape index (κ2) is 11.5. The minimum Gasteiger partial charge on any atom is -0.390 e. The molecule has 0 aromatic heterocycles. The maximum Gasteiger partial charge on any atom is 0.0619 e. The van der Waals surface area contributed by atoms with E-state index in [2.05, 4.69) is 13.8 Å². The molecule has 0 aliphatic carbocycles. The number of rotatable bonds is 14. The van der Waals surface area contributed by atoms with Crippen molar-refractivity contribution in [2.75, 3.05) is 0 Å². The van der Waals surface area contributed by atoms with Crippen molar-refractivity contribution in [3.63, 3.8) is 0 Å². The van der Waals surface area contributed by atoms with Gasteiger partial charge in [-0.05, 0) is 39.5 Å². The van der Waals surface area contributed by atoms with E-state index in [1.807, 2.05) is 13.8 Å². The van der Waals surface area contributed by atoms with E-state index in [-0.39, 0.29) is 0 Å². The van der Waals surface area contributed by atoms with Gasteiger partial charge < -0.3 is 10.2 Å². The fraction of sp³-hybridized carbons (Fsp3) is 1.00. The number of hydrogen-bond donors (Lipinski definition) is 2. The Balaban J connectivity index is 3.71. The minimum atomic E-state index is -0.512. The van der Waals surface area contributed by atoms with Crippen molar-refractivity contribution in [3.8, 4) is 0 Å². The van der Waals surface area contributed by atoms with Crippen LogP contribution in [0.15, 0.2) is 0 Å². The van der Waals surface area contributed by atoms with Crippen molar-refractivity contribution in [2.24, 2.45) is 0 Å². The van der Waals surface area contributed by atoms with Crippen molar-refractivity contribution >= 4 is 0 Å². The number of unbranched alkanes of at least 4 members (excludes halogenated alkanes) is 6. The predicted octanol–water partition coefficient (Wildman–Crippen LogP) is 5.60. The molecule has 0 saturated heterocycles. The van der Waals surface area contributed by atoms with E-state index in [1.54, 1.807) is 0 Å². The molecule has 0 saturated carbocycles. The van der Waals surface area contributed by atoms with Crippen LogP contribution in [0.4, 0.5) is 0 Å². The number of hydrogen-bond acceptors (Lipinski definition) is 2. The lowest BCUT2D eigenvalue weighted by atomic mass is 9.88. The quantitative estimate of drug-likeness (QED) is 0.410. The summed E-state index contributed by atoms with van der Waals surface area (Å²) in [6.07, 6.45) is 14.0. The Morgan fingerprint density at radius 1 is 0.524 bits per heavy atom. The van der Waals surface area contributed by atoms with Gasteiger partial charge in [-0.1, -0.05) is 71.6 Å². The first-order chi connectivity index (χ1) is 9.83. The van der Waals surface area contributed by atoms with Gasteiger partial charge in [-0.3, -0.25) is 0 Å². The molecule has 128 valence electrons. The highest BCUT2D eigenvalue weighted by Gasteiger charge is 2.22. The third kappa shape index (κ3) is 13.3. The second-order valence-electron chi connectivity index (χ2n) is 7.47. The maximum absolute atomic E-state index is 10.4. The standard InChI is InChI=1S/C19H40O2/c1-5-7-9-11-15-19(4,21)17-13-12-16-18(3,20)14-10-8-6-2/h20-21H,5-17H2,1-4H3. The first kappa shape index (κ1) is 20.9. The Morgan fingerprint density at radius 2 is 0.810 bits per heavy atom. The fourth-order valence-corrected chi connectivity index (χ4v) is 2.95. The van der Waals surface area contributed by atoms with Crippen LogP contribution in [-0.4, -0.2) is 21.4 Å². The van der Waals surface area contributed by atoms with Crippen LogP contribution in [0.25, 0.3) is 0 Å². The summed E-state index contributed by atoms with van der Waals surface area (Å²) in [5, 5.41) is 20.7. The molecular weight excluding hydrogens is 260 g/mol. The van der Waals surface area contributed by atoms with Crippen LogP contribution in [0.5, 0.6) is 0 Å². The van der Waals surface area contributed by atoms with Gasteiger partial charge in [0, 0.05) is 0 Å². The van der Waals surface area contributed by atoms with Gasteiger partial charge >= 0.3 is 0 Å². The van der Waals surface area contributed by atoms with Crippen LogP contribution in [0.1, 0.15) is 111 Å². The van der Waals surface area contributed by atoms with Gasteiger partial charge in [0.2, 0.25) is 0 Å². The van der Waals surface area contributed by atoms with E-state index in [0.717, 1.165) is 51.4 Å². The number of aliphatic hydroxyl groups is 2. The molecular formula is C19H40O2. The van der Waals surface area contributed by atoms with Crippen molar-refractivity contribution in [2.45, 2.75) is 122 Å². The Morgan fingerprint density at radius 3 is 1.19 bits per heavy atom. The molecule has 2 nitrogen and oxygen atoms in total. The van der Waals surface area contributed by atoms with Crippen LogP contribution in [0, 0.1) is 0 Å². The van der Waals surface area contributed by atoms with E-state index < -0.39 is 11.2 Å². The Labute approximate surface area is 133 Å². The highest BCUT2D eigenvalue weighted by atomic mass is 16.3. The summed E-state index contributed by atoms with van der Waals surface area (Å²) < 4.78 is 0. The molecule has 0 aromatic carbocycles. The predicted molar refractivity (Wildman–Crippen MR) is 92.6 cm³/mol. The largest absolute Gasteiger partial charge is 0.390 e. The normalized spacial score (nSPS) is 17.4. The van der Waals surface area contributed by atoms with E-state index >= 15 is 0 Å².